The number of hydrogen-bond donors (Lipinski definition) is 1. The van der Waals surface area contributed by atoms with Gasteiger partial charge in [0, 0.05) is 0 Å². The van der Waals surface area contributed by atoms with E-state index in [1.54, 1.807) is 18.2 Å². The highest BCUT2D eigenvalue weighted by atomic mass is 16.2. The van der Waals surface area contributed by atoms with Crippen molar-refractivity contribution in [1.29, 1.82) is 0 Å². The number of rotatable bonds is 2. The number of barbiturate groups is 1. The summed E-state index contributed by atoms with van der Waals surface area (Å²) in [5.74, 6) is -0.788. The van der Waals surface area contributed by atoms with E-state index in [1.807, 2.05) is 19.9 Å². The molecule has 0 aromatic heterocycles. The minimum Gasteiger partial charge on any atom is -0.276 e. The zero-order valence-electron chi connectivity index (χ0n) is 12.1. The van der Waals surface area contributed by atoms with Crippen LogP contribution in [0.2, 0.25) is 0 Å². The van der Waals surface area contributed by atoms with Gasteiger partial charge in [0.05, 0.1) is 5.69 Å². The van der Waals surface area contributed by atoms with Crippen molar-refractivity contribution in [2.45, 2.75) is 33.6 Å². The Hall–Kier alpha value is -2.17. The Balaban J connectivity index is 2.46. The molecule has 0 bridgehead atoms. The lowest BCUT2D eigenvalue weighted by atomic mass is 9.88. The number of urea groups is 1. The number of hydrogen-bond acceptors (Lipinski definition) is 3. The van der Waals surface area contributed by atoms with Crippen LogP contribution in [0.15, 0.2) is 24.3 Å². The van der Waals surface area contributed by atoms with Gasteiger partial charge in [0.25, 0.3) is 0 Å². The molecule has 106 valence electrons. The van der Waals surface area contributed by atoms with Gasteiger partial charge < -0.3 is 0 Å². The molecule has 1 aliphatic rings. The zero-order chi connectivity index (χ0) is 15.1. The summed E-state index contributed by atoms with van der Waals surface area (Å²) in [5, 5.41) is 2.22. The Labute approximate surface area is 118 Å². The molecule has 1 fully saturated rings. The third-order valence-corrected chi connectivity index (χ3v) is 3.52. The van der Waals surface area contributed by atoms with Crippen LogP contribution in [0.4, 0.5) is 10.5 Å². The van der Waals surface area contributed by atoms with Gasteiger partial charge in [0.15, 0.2) is 0 Å². The molecule has 20 heavy (non-hydrogen) atoms. The summed E-state index contributed by atoms with van der Waals surface area (Å²) in [7, 11) is 0. The number of carbonyl (C=O) groups excluding carboxylic acids is 3. The smallest absolute Gasteiger partial charge is 0.276 e. The van der Waals surface area contributed by atoms with Crippen LogP contribution in [0, 0.1) is 5.41 Å². The van der Waals surface area contributed by atoms with Gasteiger partial charge in [-0.1, -0.05) is 26.0 Å². The van der Waals surface area contributed by atoms with Gasteiger partial charge >= 0.3 is 6.03 Å². The lowest BCUT2D eigenvalue weighted by Crippen LogP contribution is -2.62. The fraction of sp³-hybridized carbons (Fsp3) is 0.400. The Morgan fingerprint density at radius 2 is 1.80 bits per heavy atom. The molecule has 0 saturated carbocycles. The number of carbonyl (C=O) groups is 3. The van der Waals surface area contributed by atoms with E-state index in [0.29, 0.717) is 5.69 Å². The molecule has 0 radical (unpaired) electrons. The van der Waals surface area contributed by atoms with Crippen LogP contribution in [0.1, 0.15) is 39.2 Å². The first-order chi connectivity index (χ1) is 9.25. The SMILES string of the molecule is CC(C)c1cccc(N2C(=O)NC(=O)C(C)(C)C2=O)c1. The topological polar surface area (TPSA) is 66.5 Å². The maximum Gasteiger partial charge on any atom is 0.335 e. The number of anilines is 1. The highest BCUT2D eigenvalue weighted by Gasteiger charge is 2.47. The van der Waals surface area contributed by atoms with Crippen molar-refractivity contribution in [2.75, 3.05) is 4.90 Å². The Kier molecular flexibility index (Phi) is 3.38. The normalized spacial score (nSPS) is 18.4. The third-order valence-electron chi connectivity index (χ3n) is 3.52. The predicted octanol–water partition coefficient (Wildman–Crippen LogP) is 2.42. The highest BCUT2D eigenvalue weighted by molar-refractivity contribution is 6.29. The number of nitrogens with zero attached hydrogens (tertiary/aromatic N) is 1. The second kappa shape index (κ2) is 4.74. The molecule has 2 rings (SSSR count). The zero-order valence-corrected chi connectivity index (χ0v) is 12.1. The van der Waals surface area contributed by atoms with Crippen LogP contribution >= 0.6 is 0 Å². The van der Waals surface area contributed by atoms with Gasteiger partial charge in [0.1, 0.15) is 5.41 Å². The molecule has 0 spiro atoms. The maximum absolute atomic E-state index is 12.4. The summed E-state index contributed by atoms with van der Waals surface area (Å²) in [6.07, 6.45) is 0. The molecule has 1 aromatic rings. The lowest BCUT2D eigenvalue weighted by molar-refractivity contribution is -0.140. The van der Waals surface area contributed by atoms with Crippen molar-refractivity contribution < 1.29 is 14.4 Å². The monoisotopic (exact) mass is 274 g/mol. The van der Waals surface area contributed by atoms with Gasteiger partial charge in [-0.25, -0.2) is 9.69 Å². The van der Waals surface area contributed by atoms with E-state index < -0.39 is 23.3 Å². The summed E-state index contributed by atoms with van der Waals surface area (Å²) in [5.41, 5.74) is 0.263. The van der Waals surface area contributed by atoms with Crippen molar-refractivity contribution in [2.24, 2.45) is 5.41 Å². The van der Waals surface area contributed by atoms with Crippen LogP contribution in [-0.2, 0) is 9.59 Å². The predicted molar refractivity (Wildman–Crippen MR) is 75.3 cm³/mol. The van der Waals surface area contributed by atoms with Crippen LogP contribution in [-0.4, -0.2) is 17.8 Å². The lowest BCUT2D eigenvalue weighted by Gasteiger charge is -2.34. The van der Waals surface area contributed by atoms with Crippen LogP contribution in [0.25, 0.3) is 0 Å². The third kappa shape index (κ3) is 2.19. The van der Waals surface area contributed by atoms with Gasteiger partial charge in [-0.15, -0.1) is 0 Å². The first-order valence-electron chi connectivity index (χ1n) is 6.55. The summed E-state index contributed by atoms with van der Waals surface area (Å²) in [6.45, 7) is 7.09. The van der Waals surface area contributed by atoms with E-state index in [1.165, 1.54) is 13.8 Å². The standard InChI is InChI=1S/C15H18N2O3/c1-9(2)10-6-5-7-11(8-10)17-13(19)15(3,4)12(18)16-14(17)20/h5-9H,1-4H3,(H,16,18,20). The molecule has 1 aromatic carbocycles. The van der Waals surface area contributed by atoms with Crippen LogP contribution in [0.5, 0.6) is 0 Å². The Bertz CT molecular complexity index is 591. The van der Waals surface area contributed by atoms with Crippen molar-refractivity contribution >= 4 is 23.5 Å². The molecule has 1 aliphatic heterocycles. The van der Waals surface area contributed by atoms with Crippen molar-refractivity contribution in [3.63, 3.8) is 0 Å². The first kappa shape index (κ1) is 14.2. The van der Waals surface area contributed by atoms with E-state index in [2.05, 4.69) is 5.32 Å². The fourth-order valence-electron chi connectivity index (χ4n) is 2.04. The van der Waals surface area contributed by atoms with E-state index in [9.17, 15) is 14.4 Å². The summed E-state index contributed by atoms with van der Waals surface area (Å²) < 4.78 is 0. The van der Waals surface area contributed by atoms with E-state index in [-0.39, 0.29) is 5.92 Å². The minimum atomic E-state index is -1.25. The molecule has 1 heterocycles. The number of nitrogens with one attached hydrogen (secondary N) is 1. The Morgan fingerprint density at radius 1 is 1.15 bits per heavy atom. The summed E-state index contributed by atoms with van der Waals surface area (Å²) in [4.78, 5) is 37.1. The fourth-order valence-corrected chi connectivity index (χ4v) is 2.04. The molecule has 0 atom stereocenters. The van der Waals surface area contributed by atoms with Crippen molar-refractivity contribution in [3.05, 3.63) is 29.8 Å². The first-order valence-corrected chi connectivity index (χ1v) is 6.55. The van der Waals surface area contributed by atoms with Gasteiger partial charge in [-0.3, -0.25) is 14.9 Å². The van der Waals surface area contributed by atoms with Crippen molar-refractivity contribution in [3.8, 4) is 0 Å². The van der Waals surface area contributed by atoms with Gasteiger partial charge in [0.2, 0.25) is 11.8 Å². The molecular weight excluding hydrogens is 256 g/mol. The number of imide groups is 2. The van der Waals surface area contributed by atoms with Crippen LogP contribution in [0.3, 0.4) is 0 Å². The number of benzene rings is 1. The molecule has 1 N–H and O–H groups in total. The molecular formula is C15H18N2O3. The van der Waals surface area contributed by atoms with Crippen molar-refractivity contribution in [1.82, 2.24) is 5.32 Å². The molecule has 0 aliphatic carbocycles. The molecule has 5 nitrogen and oxygen atoms in total. The van der Waals surface area contributed by atoms with Crippen LogP contribution < -0.4 is 10.2 Å². The van der Waals surface area contributed by atoms with Gasteiger partial charge in [-0.05, 0) is 37.5 Å². The second-order valence-electron chi connectivity index (χ2n) is 5.77. The van der Waals surface area contributed by atoms with E-state index in [0.717, 1.165) is 10.5 Å². The summed E-state index contributed by atoms with van der Waals surface area (Å²) in [6, 6.07) is 6.54. The average Bonchev–Trinajstić information content (AvgIpc) is 2.37. The molecule has 0 unspecified atom stereocenters. The van der Waals surface area contributed by atoms with Gasteiger partial charge in [-0.2, -0.15) is 0 Å². The molecule has 5 heteroatoms. The molecule has 1 saturated heterocycles. The maximum atomic E-state index is 12.4. The Morgan fingerprint density at radius 3 is 2.40 bits per heavy atom. The van der Waals surface area contributed by atoms with E-state index in [4.69, 9.17) is 0 Å². The highest BCUT2D eigenvalue weighted by Crippen LogP contribution is 2.29. The largest absolute Gasteiger partial charge is 0.335 e. The van der Waals surface area contributed by atoms with E-state index >= 15 is 0 Å². The average molecular weight is 274 g/mol. The summed E-state index contributed by atoms with van der Waals surface area (Å²) >= 11 is 0. The second-order valence-corrected chi connectivity index (χ2v) is 5.77. The quantitative estimate of drug-likeness (QED) is 0.842. The number of amides is 4. The molecule has 4 amide bonds. The minimum absolute atomic E-state index is 0.285.